The zero-order chi connectivity index (χ0) is 17.3. The number of fused-ring (bicyclic) bond motifs is 1. The van der Waals surface area contributed by atoms with Crippen LogP contribution in [0.3, 0.4) is 0 Å². The van der Waals surface area contributed by atoms with Gasteiger partial charge >= 0.3 is 0 Å². The quantitative estimate of drug-likeness (QED) is 0.862. The van der Waals surface area contributed by atoms with Gasteiger partial charge in [0.15, 0.2) is 0 Å². The largest absolute Gasteiger partial charge is 0.481 e. The molecule has 2 heterocycles. The topological polar surface area (TPSA) is 106 Å². The number of piperidine rings is 1. The standard InChI is InChI=1S/C17H19N3O4/c1-24-14-12-5-3-2-4-11(12)10-13(19-14)15(21)20-8-6-17(23,7-9-20)16(18)22/h2-5,10,23H,6-9H2,1H3,(H2,18,22). The number of rotatable bonds is 3. The number of aliphatic hydroxyl groups is 1. The molecule has 0 aliphatic carbocycles. The van der Waals surface area contributed by atoms with E-state index in [2.05, 4.69) is 4.98 Å². The minimum absolute atomic E-state index is 0.124. The number of carbonyl (C=O) groups excluding carboxylic acids is 2. The first-order valence-electron chi connectivity index (χ1n) is 7.70. The van der Waals surface area contributed by atoms with Crippen molar-refractivity contribution < 1.29 is 19.4 Å². The molecule has 1 saturated heterocycles. The molecule has 7 nitrogen and oxygen atoms in total. The molecule has 7 heteroatoms. The number of benzene rings is 1. The third kappa shape index (κ3) is 2.78. The summed E-state index contributed by atoms with van der Waals surface area (Å²) in [5.41, 5.74) is 3.95. The number of ether oxygens (including phenoxy) is 1. The normalized spacial score (nSPS) is 16.8. The highest BCUT2D eigenvalue weighted by molar-refractivity contribution is 5.98. The molecule has 0 saturated carbocycles. The molecule has 2 amide bonds. The summed E-state index contributed by atoms with van der Waals surface area (Å²) >= 11 is 0. The Hall–Kier alpha value is -2.67. The molecule has 0 radical (unpaired) electrons. The third-order valence-electron chi connectivity index (χ3n) is 4.45. The van der Waals surface area contributed by atoms with E-state index < -0.39 is 11.5 Å². The van der Waals surface area contributed by atoms with Gasteiger partial charge in [-0.15, -0.1) is 0 Å². The summed E-state index contributed by atoms with van der Waals surface area (Å²) in [6.45, 7) is 0.490. The predicted octanol–water partition coefficient (Wildman–Crippen LogP) is 0.696. The van der Waals surface area contributed by atoms with E-state index in [1.807, 2.05) is 24.3 Å². The van der Waals surface area contributed by atoms with Gasteiger partial charge in [-0.05, 0) is 17.5 Å². The van der Waals surface area contributed by atoms with Crippen LogP contribution in [0.1, 0.15) is 23.3 Å². The van der Waals surface area contributed by atoms with Crippen LogP contribution in [0.5, 0.6) is 5.88 Å². The summed E-state index contributed by atoms with van der Waals surface area (Å²) in [6, 6.07) is 9.24. The highest BCUT2D eigenvalue weighted by Crippen LogP contribution is 2.26. The number of hydrogen-bond donors (Lipinski definition) is 2. The lowest BCUT2D eigenvalue weighted by Crippen LogP contribution is -2.53. The van der Waals surface area contributed by atoms with Crippen LogP contribution in [0.25, 0.3) is 10.8 Å². The van der Waals surface area contributed by atoms with E-state index in [9.17, 15) is 14.7 Å². The van der Waals surface area contributed by atoms with Crippen molar-refractivity contribution >= 4 is 22.6 Å². The molecule has 1 aliphatic heterocycles. The smallest absolute Gasteiger partial charge is 0.272 e. The number of nitrogens with zero attached hydrogens (tertiary/aromatic N) is 2. The molecule has 1 aromatic carbocycles. The third-order valence-corrected chi connectivity index (χ3v) is 4.45. The van der Waals surface area contributed by atoms with E-state index in [0.29, 0.717) is 5.88 Å². The number of methoxy groups -OCH3 is 1. The minimum Gasteiger partial charge on any atom is -0.481 e. The molecule has 3 rings (SSSR count). The van der Waals surface area contributed by atoms with Gasteiger partial charge in [0.2, 0.25) is 11.8 Å². The van der Waals surface area contributed by atoms with Crippen molar-refractivity contribution in [1.82, 2.24) is 9.88 Å². The number of hydrogen-bond acceptors (Lipinski definition) is 5. The number of pyridine rings is 1. The average Bonchev–Trinajstić information content (AvgIpc) is 2.60. The lowest BCUT2D eigenvalue weighted by atomic mass is 9.90. The highest BCUT2D eigenvalue weighted by atomic mass is 16.5. The molecule has 0 unspecified atom stereocenters. The van der Waals surface area contributed by atoms with Crippen molar-refractivity contribution in [3.8, 4) is 5.88 Å². The molecule has 126 valence electrons. The number of amides is 2. The Bertz CT molecular complexity index is 798. The summed E-state index contributed by atoms with van der Waals surface area (Å²) in [7, 11) is 1.51. The summed E-state index contributed by atoms with van der Waals surface area (Å²) in [5.74, 6) is -0.618. The Labute approximate surface area is 139 Å². The SMILES string of the molecule is COc1nc(C(=O)N2CCC(O)(C(N)=O)CC2)cc2ccccc12. The Balaban J connectivity index is 1.86. The molecule has 1 fully saturated rings. The van der Waals surface area contributed by atoms with Crippen molar-refractivity contribution in [2.45, 2.75) is 18.4 Å². The maximum absolute atomic E-state index is 12.7. The van der Waals surface area contributed by atoms with Crippen molar-refractivity contribution in [1.29, 1.82) is 0 Å². The predicted molar refractivity (Wildman–Crippen MR) is 87.6 cm³/mol. The van der Waals surface area contributed by atoms with Gasteiger partial charge in [0, 0.05) is 31.3 Å². The van der Waals surface area contributed by atoms with Crippen molar-refractivity contribution in [2.24, 2.45) is 5.73 Å². The number of nitrogens with two attached hydrogens (primary N) is 1. The monoisotopic (exact) mass is 329 g/mol. The molecule has 1 aliphatic rings. The van der Waals surface area contributed by atoms with E-state index in [1.54, 1.807) is 11.0 Å². The van der Waals surface area contributed by atoms with Crippen LogP contribution in [0.15, 0.2) is 30.3 Å². The van der Waals surface area contributed by atoms with Crippen LogP contribution >= 0.6 is 0 Å². The van der Waals surface area contributed by atoms with Crippen LogP contribution in [-0.4, -0.2) is 52.6 Å². The molecule has 3 N–H and O–H groups in total. The van der Waals surface area contributed by atoms with Gasteiger partial charge in [-0.25, -0.2) is 4.98 Å². The second-order valence-corrected chi connectivity index (χ2v) is 5.93. The van der Waals surface area contributed by atoms with E-state index in [1.165, 1.54) is 7.11 Å². The molecule has 1 aromatic heterocycles. The average molecular weight is 329 g/mol. The van der Waals surface area contributed by atoms with Crippen molar-refractivity contribution in [3.05, 3.63) is 36.0 Å². The van der Waals surface area contributed by atoms with Crippen LogP contribution in [0.2, 0.25) is 0 Å². The summed E-state index contributed by atoms with van der Waals surface area (Å²) in [6.07, 6.45) is 0.248. The van der Waals surface area contributed by atoms with Gasteiger partial charge in [0.05, 0.1) is 7.11 Å². The van der Waals surface area contributed by atoms with Gasteiger partial charge in [-0.3, -0.25) is 9.59 Å². The first-order chi connectivity index (χ1) is 11.4. The van der Waals surface area contributed by atoms with E-state index in [4.69, 9.17) is 10.5 Å². The highest BCUT2D eigenvalue weighted by Gasteiger charge is 2.39. The van der Waals surface area contributed by atoms with Gasteiger partial charge in [-0.1, -0.05) is 18.2 Å². The van der Waals surface area contributed by atoms with Crippen molar-refractivity contribution in [2.75, 3.05) is 20.2 Å². The van der Waals surface area contributed by atoms with Gasteiger partial charge in [0.25, 0.3) is 5.91 Å². The fourth-order valence-corrected chi connectivity index (χ4v) is 2.92. The first-order valence-corrected chi connectivity index (χ1v) is 7.70. The molecule has 0 bridgehead atoms. The Kier molecular flexibility index (Phi) is 4.11. The number of carbonyl (C=O) groups is 2. The fourth-order valence-electron chi connectivity index (χ4n) is 2.92. The van der Waals surface area contributed by atoms with E-state index in [-0.39, 0.29) is 37.5 Å². The van der Waals surface area contributed by atoms with Gasteiger partial charge < -0.3 is 20.5 Å². The summed E-state index contributed by atoms with van der Waals surface area (Å²) < 4.78 is 5.29. The Morgan fingerprint density at radius 3 is 2.58 bits per heavy atom. The minimum atomic E-state index is -1.54. The molecule has 2 aromatic rings. The number of likely N-dealkylation sites (tertiary alicyclic amines) is 1. The Morgan fingerprint density at radius 2 is 1.96 bits per heavy atom. The maximum atomic E-state index is 12.7. The summed E-state index contributed by atoms with van der Waals surface area (Å²) in [5, 5.41) is 11.8. The van der Waals surface area contributed by atoms with E-state index >= 15 is 0 Å². The molecular formula is C17H19N3O4. The Morgan fingerprint density at radius 1 is 1.29 bits per heavy atom. The van der Waals surface area contributed by atoms with Crippen LogP contribution in [0, 0.1) is 0 Å². The zero-order valence-electron chi connectivity index (χ0n) is 13.4. The molecular weight excluding hydrogens is 310 g/mol. The molecule has 24 heavy (non-hydrogen) atoms. The van der Waals surface area contributed by atoms with Gasteiger partial charge in [-0.2, -0.15) is 0 Å². The second-order valence-electron chi connectivity index (χ2n) is 5.93. The van der Waals surface area contributed by atoms with Gasteiger partial charge in [0.1, 0.15) is 11.3 Å². The first kappa shape index (κ1) is 16.2. The second kappa shape index (κ2) is 6.09. The lowest BCUT2D eigenvalue weighted by molar-refractivity contribution is -0.140. The fraction of sp³-hybridized carbons (Fsp3) is 0.353. The van der Waals surface area contributed by atoms with E-state index in [0.717, 1.165) is 10.8 Å². The number of aromatic nitrogens is 1. The zero-order valence-corrected chi connectivity index (χ0v) is 13.4. The van der Waals surface area contributed by atoms with Crippen LogP contribution < -0.4 is 10.5 Å². The maximum Gasteiger partial charge on any atom is 0.272 e. The molecule has 0 atom stereocenters. The van der Waals surface area contributed by atoms with Crippen molar-refractivity contribution in [3.63, 3.8) is 0 Å². The number of primary amides is 1. The lowest BCUT2D eigenvalue weighted by Gasteiger charge is -2.35. The van der Waals surface area contributed by atoms with Crippen LogP contribution in [0.4, 0.5) is 0 Å². The molecule has 0 spiro atoms. The summed E-state index contributed by atoms with van der Waals surface area (Å²) in [4.78, 5) is 29.9. The van der Waals surface area contributed by atoms with Crippen LogP contribution in [-0.2, 0) is 4.79 Å².